The van der Waals surface area contributed by atoms with E-state index in [1.54, 1.807) is 18.0 Å². The molecule has 9 nitrogen and oxygen atoms in total. The largest absolute Gasteiger partial charge is 0.457 e. The summed E-state index contributed by atoms with van der Waals surface area (Å²) in [6.45, 7) is 2.50. The highest BCUT2D eigenvalue weighted by molar-refractivity contribution is 7.99. The minimum atomic E-state index is -0.575. The molecule has 1 fully saturated rings. The summed E-state index contributed by atoms with van der Waals surface area (Å²) in [6, 6.07) is 40.8. The smallest absolute Gasteiger partial charge is 0.319 e. The Kier molecular flexibility index (Phi) is 11.5. The first-order valence-electron chi connectivity index (χ1n) is 17.6. The van der Waals surface area contributed by atoms with Gasteiger partial charge in [-0.3, -0.25) is 0 Å². The number of benzene rings is 5. The van der Waals surface area contributed by atoms with Gasteiger partial charge in [0.1, 0.15) is 11.5 Å². The van der Waals surface area contributed by atoms with Gasteiger partial charge in [0.15, 0.2) is 11.4 Å². The zero-order valence-electron chi connectivity index (χ0n) is 29.6. The second-order valence-electron chi connectivity index (χ2n) is 13.0. The van der Waals surface area contributed by atoms with Crippen molar-refractivity contribution in [3.8, 4) is 22.6 Å². The van der Waals surface area contributed by atoms with Gasteiger partial charge < -0.3 is 34.5 Å². The number of aromatic nitrogens is 2. The van der Waals surface area contributed by atoms with Crippen molar-refractivity contribution in [2.24, 2.45) is 13.0 Å². The molecule has 4 atom stereocenters. The van der Waals surface area contributed by atoms with E-state index in [1.807, 2.05) is 127 Å². The zero-order chi connectivity index (χ0) is 36.6. The highest BCUT2D eigenvalue weighted by Gasteiger charge is 2.38. The molecule has 0 bridgehead atoms. The topological polar surface area (TPSA) is 107 Å². The van der Waals surface area contributed by atoms with E-state index in [9.17, 15) is 9.90 Å². The Morgan fingerprint density at radius 3 is 2.26 bits per heavy atom. The summed E-state index contributed by atoms with van der Waals surface area (Å²) >= 11 is 1.67. The fourth-order valence-electron chi connectivity index (χ4n) is 6.32. The van der Waals surface area contributed by atoms with Gasteiger partial charge in [-0.25, -0.2) is 9.78 Å². The fourth-order valence-corrected chi connectivity index (χ4v) is 7.41. The number of thioether (sulfide) groups is 1. The zero-order valence-corrected chi connectivity index (χ0v) is 30.4. The van der Waals surface area contributed by atoms with Crippen molar-refractivity contribution in [3.63, 3.8) is 0 Å². The van der Waals surface area contributed by atoms with Gasteiger partial charge >= 0.3 is 6.03 Å². The number of carbonyl (C=O) groups is 1. The number of nitrogens with zero attached hydrogens (tertiary/aromatic N) is 2. The van der Waals surface area contributed by atoms with Crippen molar-refractivity contribution < 1.29 is 24.1 Å². The Morgan fingerprint density at radius 1 is 0.849 bits per heavy atom. The number of rotatable bonds is 12. The number of urea groups is 1. The Labute approximate surface area is 314 Å². The Balaban J connectivity index is 1.01. The minimum Gasteiger partial charge on any atom is -0.457 e. The number of aliphatic hydroxyl groups excluding tert-OH is 1. The molecule has 2 amide bonds. The SMILES string of the molecule is C[C@@H]1[C@H](CSc2nccn2C)O[C@H](c2ccc(-c3ccccc3CNC(=O)Nc3ccc(Oc4ccccc4)cc3)cc2)O[C@@H]1c1ccc(CO)cc1. The van der Waals surface area contributed by atoms with E-state index in [-0.39, 0.29) is 30.8 Å². The third kappa shape index (κ3) is 8.98. The number of amides is 2. The van der Waals surface area contributed by atoms with Crippen molar-refractivity contribution in [1.29, 1.82) is 0 Å². The molecule has 0 aliphatic carbocycles. The maximum atomic E-state index is 12.9. The molecule has 5 aromatic carbocycles. The first-order chi connectivity index (χ1) is 25.9. The summed E-state index contributed by atoms with van der Waals surface area (Å²) in [6.07, 6.45) is 2.87. The summed E-state index contributed by atoms with van der Waals surface area (Å²) in [5, 5.41) is 16.4. The summed E-state index contributed by atoms with van der Waals surface area (Å²) in [5.74, 6) is 2.23. The van der Waals surface area contributed by atoms with E-state index >= 15 is 0 Å². The second kappa shape index (κ2) is 17.0. The minimum absolute atomic E-state index is 0.00472. The molecule has 0 spiro atoms. The Bertz CT molecular complexity index is 2090. The molecule has 1 aromatic heterocycles. The number of aryl methyl sites for hydroxylation is 1. The molecule has 53 heavy (non-hydrogen) atoms. The van der Waals surface area contributed by atoms with Crippen LogP contribution in [0.25, 0.3) is 11.1 Å². The fraction of sp³-hybridized carbons (Fsp3) is 0.209. The predicted octanol–water partition coefficient (Wildman–Crippen LogP) is 9.28. The first-order valence-corrected chi connectivity index (χ1v) is 18.6. The van der Waals surface area contributed by atoms with E-state index in [2.05, 4.69) is 40.7 Å². The number of para-hydroxylation sites is 1. The second-order valence-corrected chi connectivity index (χ2v) is 14.0. The third-order valence-electron chi connectivity index (χ3n) is 9.32. The maximum absolute atomic E-state index is 12.9. The predicted molar refractivity (Wildman–Crippen MR) is 208 cm³/mol. The van der Waals surface area contributed by atoms with Gasteiger partial charge in [-0.05, 0) is 64.2 Å². The molecule has 1 saturated heterocycles. The molecule has 270 valence electrons. The van der Waals surface area contributed by atoms with Crippen molar-refractivity contribution in [2.75, 3.05) is 11.1 Å². The van der Waals surface area contributed by atoms with Crippen LogP contribution < -0.4 is 15.4 Å². The molecular formula is C43H42N4O5S. The standard InChI is InChI=1S/C43H42N4O5S/c1-29-39(28-53-43-44-24-25-47(43)2)51-41(52-40(29)32-14-12-30(27-48)13-15-32)33-18-16-31(17-19-33)38-11-7-6-8-34(38)26-45-42(49)46-35-20-22-37(23-21-35)50-36-9-4-3-5-10-36/h3-25,29,39-41,48H,26-28H2,1-2H3,(H2,45,46,49)/t29-,39+,40+,41+/m1/s1. The van der Waals surface area contributed by atoms with Crippen molar-refractivity contribution >= 4 is 23.5 Å². The molecule has 0 radical (unpaired) electrons. The summed E-state index contributed by atoms with van der Waals surface area (Å²) in [5.41, 5.74) is 6.51. The molecule has 1 aliphatic rings. The average Bonchev–Trinajstić information content (AvgIpc) is 3.62. The van der Waals surface area contributed by atoms with Crippen LogP contribution in [-0.2, 0) is 29.7 Å². The number of anilines is 1. The lowest BCUT2D eigenvalue weighted by Crippen LogP contribution is -2.38. The van der Waals surface area contributed by atoms with Gasteiger partial charge in [0, 0.05) is 48.9 Å². The molecule has 0 saturated carbocycles. The summed E-state index contributed by atoms with van der Waals surface area (Å²) in [7, 11) is 1.99. The van der Waals surface area contributed by atoms with Gasteiger partial charge in [-0.2, -0.15) is 0 Å². The molecule has 2 heterocycles. The Hall–Kier alpha value is -5.39. The summed E-state index contributed by atoms with van der Waals surface area (Å²) in [4.78, 5) is 17.4. The van der Waals surface area contributed by atoms with Crippen molar-refractivity contribution in [1.82, 2.24) is 14.9 Å². The highest BCUT2D eigenvalue weighted by atomic mass is 32.2. The Morgan fingerprint density at radius 2 is 1.55 bits per heavy atom. The number of carbonyl (C=O) groups excluding carboxylic acids is 1. The lowest BCUT2D eigenvalue weighted by Gasteiger charge is -2.41. The monoisotopic (exact) mass is 726 g/mol. The molecule has 10 heteroatoms. The average molecular weight is 727 g/mol. The molecular weight excluding hydrogens is 685 g/mol. The lowest BCUT2D eigenvalue weighted by atomic mass is 9.91. The number of nitrogens with one attached hydrogen (secondary N) is 2. The van der Waals surface area contributed by atoms with Gasteiger partial charge in [0.05, 0.1) is 18.8 Å². The first kappa shape index (κ1) is 36.0. The van der Waals surface area contributed by atoms with Crippen LogP contribution in [0.3, 0.4) is 0 Å². The lowest BCUT2D eigenvalue weighted by molar-refractivity contribution is -0.268. The highest BCUT2D eigenvalue weighted by Crippen LogP contribution is 2.43. The number of imidazole rings is 1. The van der Waals surface area contributed by atoms with Crippen LogP contribution in [-0.4, -0.2) is 32.5 Å². The van der Waals surface area contributed by atoms with E-state index < -0.39 is 6.29 Å². The van der Waals surface area contributed by atoms with Gasteiger partial charge in [0.25, 0.3) is 0 Å². The van der Waals surface area contributed by atoms with Crippen LogP contribution in [0.15, 0.2) is 145 Å². The number of aliphatic hydroxyl groups is 1. The molecule has 0 unspecified atom stereocenters. The van der Waals surface area contributed by atoms with Crippen LogP contribution in [0.4, 0.5) is 10.5 Å². The van der Waals surface area contributed by atoms with Gasteiger partial charge in [-0.1, -0.05) is 110 Å². The van der Waals surface area contributed by atoms with Crippen LogP contribution in [0.2, 0.25) is 0 Å². The molecule has 1 aliphatic heterocycles. The van der Waals surface area contributed by atoms with Crippen LogP contribution in [0, 0.1) is 5.92 Å². The van der Waals surface area contributed by atoms with E-state index in [1.165, 1.54) is 0 Å². The van der Waals surface area contributed by atoms with Crippen molar-refractivity contribution in [3.05, 3.63) is 162 Å². The number of hydrogen-bond donors (Lipinski definition) is 3. The van der Waals surface area contributed by atoms with Crippen LogP contribution in [0.1, 0.15) is 41.6 Å². The molecule has 3 N–H and O–H groups in total. The number of ether oxygens (including phenoxy) is 3. The van der Waals surface area contributed by atoms with Crippen molar-refractivity contribution in [2.45, 2.75) is 43.7 Å². The van der Waals surface area contributed by atoms with E-state index in [0.29, 0.717) is 18.0 Å². The van der Waals surface area contributed by atoms with Crippen LogP contribution >= 0.6 is 11.8 Å². The molecule has 7 rings (SSSR count). The summed E-state index contributed by atoms with van der Waals surface area (Å²) < 4.78 is 21.2. The van der Waals surface area contributed by atoms with Crippen LogP contribution in [0.5, 0.6) is 11.5 Å². The van der Waals surface area contributed by atoms with Gasteiger partial charge in [0.2, 0.25) is 0 Å². The molecule has 6 aromatic rings. The van der Waals surface area contributed by atoms with E-state index in [4.69, 9.17) is 14.2 Å². The normalized spacial score (nSPS) is 18.3. The third-order valence-corrected chi connectivity index (χ3v) is 10.5. The van der Waals surface area contributed by atoms with E-state index in [0.717, 1.165) is 50.0 Å². The quantitative estimate of drug-likeness (QED) is 0.108. The van der Waals surface area contributed by atoms with Gasteiger partial charge in [-0.15, -0.1) is 0 Å². The number of hydrogen-bond acceptors (Lipinski definition) is 7. The maximum Gasteiger partial charge on any atom is 0.319 e.